The maximum Gasteiger partial charge on any atom is 0.469 e. The fraction of sp³-hybridized carbons (Fsp3) is 0.714. The van der Waals surface area contributed by atoms with Gasteiger partial charge in [0.25, 0.3) is 0 Å². The predicted molar refractivity (Wildman–Crippen MR) is 180 cm³/mol. The fourth-order valence-corrected chi connectivity index (χ4v) is 4.64. The molecule has 3 N–H and O–H groups in total. The van der Waals surface area contributed by atoms with Crippen molar-refractivity contribution in [1.29, 1.82) is 0 Å². The minimum atomic E-state index is -4.78. The first-order chi connectivity index (χ1) is 21.5. The summed E-state index contributed by atoms with van der Waals surface area (Å²) in [5.41, 5.74) is 0. The molecule has 0 heterocycles. The van der Waals surface area contributed by atoms with E-state index in [4.69, 9.17) is 19.3 Å². The number of hydrogen-bond acceptors (Lipinski definition) is 7. The van der Waals surface area contributed by atoms with Gasteiger partial charge in [-0.25, -0.2) is 4.57 Å². The van der Waals surface area contributed by atoms with Crippen molar-refractivity contribution in [2.45, 2.75) is 142 Å². The van der Waals surface area contributed by atoms with Crippen molar-refractivity contribution < 1.29 is 43.0 Å². The SMILES string of the molecule is CCCCC/C=C\C=C/[C@H](O)C/C=C\C/C=C/CCCC(=O)O[C@H](COC(=O)CCCCCCCCC(C)C)COP(=O)(O)O. The maximum absolute atomic E-state index is 12.3. The lowest BCUT2D eigenvalue weighted by molar-refractivity contribution is -0.161. The molecule has 9 nitrogen and oxygen atoms in total. The Morgan fingerprint density at radius 1 is 0.756 bits per heavy atom. The molecule has 0 aliphatic carbocycles. The first-order valence-corrected chi connectivity index (χ1v) is 18.4. The van der Waals surface area contributed by atoms with Crippen molar-refractivity contribution in [1.82, 2.24) is 0 Å². The molecule has 2 atom stereocenters. The average Bonchev–Trinajstić information content (AvgIpc) is 2.97. The fourth-order valence-electron chi connectivity index (χ4n) is 4.28. The summed E-state index contributed by atoms with van der Waals surface area (Å²) in [7, 11) is -4.78. The van der Waals surface area contributed by atoms with Gasteiger partial charge in [0.1, 0.15) is 6.61 Å². The van der Waals surface area contributed by atoms with Gasteiger partial charge in [-0.05, 0) is 50.9 Å². The van der Waals surface area contributed by atoms with E-state index in [9.17, 15) is 19.3 Å². The zero-order chi connectivity index (χ0) is 33.6. The zero-order valence-electron chi connectivity index (χ0n) is 28.0. The van der Waals surface area contributed by atoms with E-state index in [0.29, 0.717) is 32.1 Å². The molecule has 0 rings (SSSR count). The summed E-state index contributed by atoms with van der Waals surface area (Å²) in [6.45, 7) is 5.72. The number of phosphoric acid groups is 1. The van der Waals surface area contributed by atoms with Crippen LogP contribution >= 0.6 is 7.82 Å². The van der Waals surface area contributed by atoms with Gasteiger partial charge >= 0.3 is 19.8 Å². The third kappa shape index (κ3) is 33.2. The number of aliphatic hydroxyl groups excluding tert-OH is 1. The van der Waals surface area contributed by atoms with Crippen LogP contribution in [0.3, 0.4) is 0 Å². The highest BCUT2D eigenvalue weighted by molar-refractivity contribution is 7.46. The molecule has 0 saturated heterocycles. The van der Waals surface area contributed by atoms with Crippen LogP contribution < -0.4 is 0 Å². The van der Waals surface area contributed by atoms with Crippen LogP contribution in [-0.4, -0.2) is 52.3 Å². The summed E-state index contributed by atoms with van der Waals surface area (Å²) in [6, 6.07) is 0. The molecule has 10 heteroatoms. The van der Waals surface area contributed by atoms with Crippen molar-refractivity contribution in [2.24, 2.45) is 5.92 Å². The number of hydrogen-bond donors (Lipinski definition) is 3. The second-order valence-electron chi connectivity index (χ2n) is 11.8. The van der Waals surface area contributed by atoms with Crippen molar-refractivity contribution in [3.8, 4) is 0 Å². The summed E-state index contributed by atoms with van der Waals surface area (Å²) in [5.74, 6) is -0.278. The molecule has 0 unspecified atom stereocenters. The van der Waals surface area contributed by atoms with E-state index in [1.807, 2.05) is 36.5 Å². The van der Waals surface area contributed by atoms with Crippen molar-refractivity contribution in [3.05, 3.63) is 48.6 Å². The van der Waals surface area contributed by atoms with E-state index in [-0.39, 0.29) is 19.4 Å². The monoisotopic (exact) mass is 656 g/mol. The lowest BCUT2D eigenvalue weighted by Gasteiger charge is -2.18. The molecule has 0 fully saturated rings. The largest absolute Gasteiger partial charge is 0.469 e. The highest BCUT2D eigenvalue weighted by atomic mass is 31.2. The molecule has 0 radical (unpaired) electrons. The van der Waals surface area contributed by atoms with Crippen LogP contribution in [-0.2, 0) is 28.2 Å². The Morgan fingerprint density at radius 3 is 2.13 bits per heavy atom. The van der Waals surface area contributed by atoms with Gasteiger partial charge in [-0.15, -0.1) is 0 Å². The smallest absolute Gasteiger partial charge is 0.462 e. The molecule has 0 spiro atoms. The molecule has 0 aromatic heterocycles. The topological polar surface area (TPSA) is 140 Å². The lowest BCUT2D eigenvalue weighted by atomic mass is 10.0. The molecule has 0 aliphatic heterocycles. The highest BCUT2D eigenvalue weighted by Crippen LogP contribution is 2.35. The second-order valence-corrected chi connectivity index (χ2v) is 13.1. The van der Waals surface area contributed by atoms with Crippen LogP contribution in [0, 0.1) is 5.92 Å². The van der Waals surface area contributed by atoms with Crippen molar-refractivity contribution >= 4 is 19.8 Å². The summed E-state index contributed by atoms with van der Waals surface area (Å²) >= 11 is 0. The Morgan fingerprint density at radius 2 is 1.42 bits per heavy atom. The van der Waals surface area contributed by atoms with Gasteiger partial charge in [0.15, 0.2) is 6.10 Å². The summed E-state index contributed by atoms with van der Waals surface area (Å²) in [5, 5.41) is 9.99. The third-order valence-electron chi connectivity index (χ3n) is 6.86. The Hall–Kier alpha value is -2.03. The van der Waals surface area contributed by atoms with Gasteiger partial charge in [-0.3, -0.25) is 14.1 Å². The Bertz CT molecular complexity index is 905. The van der Waals surface area contributed by atoms with Crippen LogP contribution in [0.5, 0.6) is 0 Å². The number of allylic oxidation sites excluding steroid dienone is 6. The van der Waals surface area contributed by atoms with E-state index in [0.717, 1.165) is 31.6 Å². The van der Waals surface area contributed by atoms with Gasteiger partial charge < -0.3 is 24.4 Å². The summed E-state index contributed by atoms with van der Waals surface area (Å²) < 4.78 is 26.1. The Kier molecular flexibility index (Phi) is 28.1. The molecule has 0 saturated carbocycles. The molecule has 45 heavy (non-hydrogen) atoms. The van der Waals surface area contributed by atoms with E-state index >= 15 is 0 Å². The van der Waals surface area contributed by atoms with Gasteiger partial charge in [-0.2, -0.15) is 0 Å². The number of aliphatic hydroxyl groups is 1. The molecule has 0 aromatic carbocycles. The van der Waals surface area contributed by atoms with Gasteiger partial charge in [0.2, 0.25) is 0 Å². The van der Waals surface area contributed by atoms with Crippen molar-refractivity contribution in [2.75, 3.05) is 13.2 Å². The van der Waals surface area contributed by atoms with Crippen LogP contribution in [0.2, 0.25) is 0 Å². The molecule has 0 aromatic rings. The van der Waals surface area contributed by atoms with Crippen LogP contribution in [0.1, 0.15) is 130 Å². The highest BCUT2D eigenvalue weighted by Gasteiger charge is 2.22. The molecular weight excluding hydrogens is 595 g/mol. The standard InChI is InChI=1S/C35H61O9P/c1-4-5-6-7-9-15-20-25-32(36)26-21-16-10-8-11-18-23-28-35(38)44-33(30-43-45(39,40)41)29-42-34(37)27-22-17-13-12-14-19-24-31(2)3/h8-9,11,15-16,20-21,25,31-33,36H,4-7,10,12-14,17-19,22-24,26-30H2,1-3H3,(H2,39,40,41)/b11-8+,15-9-,21-16-,25-20-/t32-,33+/m0/s1. The van der Waals surface area contributed by atoms with E-state index < -0.39 is 38.6 Å². The molecule has 0 bridgehead atoms. The minimum Gasteiger partial charge on any atom is -0.462 e. The van der Waals surface area contributed by atoms with Gasteiger partial charge in [0.05, 0.1) is 12.7 Å². The van der Waals surface area contributed by atoms with Crippen LogP contribution in [0.15, 0.2) is 48.6 Å². The average molecular weight is 657 g/mol. The third-order valence-corrected chi connectivity index (χ3v) is 7.34. The minimum absolute atomic E-state index is 0.100. The van der Waals surface area contributed by atoms with E-state index in [1.54, 1.807) is 6.08 Å². The van der Waals surface area contributed by atoms with Crippen LogP contribution in [0.4, 0.5) is 0 Å². The predicted octanol–water partition coefficient (Wildman–Crippen LogP) is 8.44. The van der Waals surface area contributed by atoms with Gasteiger partial charge in [-0.1, -0.05) is 121 Å². The van der Waals surface area contributed by atoms with Gasteiger partial charge in [0, 0.05) is 12.8 Å². The summed E-state index contributed by atoms with van der Waals surface area (Å²) in [4.78, 5) is 42.4. The number of phosphoric ester groups is 1. The summed E-state index contributed by atoms with van der Waals surface area (Å²) in [6.07, 6.45) is 29.0. The van der Waals surface area contributed by atoms with E-state index in [1.165, 1.54) is 38.5 Å². The first kappa shape index (κ1) is 43.0. The number of ether oxygens (including phenoxy) is 2. The normalized spacial score (nSPS) is 13.9. The first-order valence-electron chi connectivity index (χ1n) is 16.9. The number of unbranched alkanes of at least 4 members (excludes halogenated alkanes) is 9. The quantitative estimate of drug-likeness (QED) is 0.0238. The zero-order valence-corrected chi connectivity index (χ0v) is 28.9. The molecule has 0 aliphatic rings. The molecule has 260 valence electrons. The molecule has 0 amide bonds. The number of rotatable bonds is 29. The van der Waals surface area contributed by atoms with Crippen LogP contribution in [0.25, 0.3) is 0 Å². The van der Waals surface area contributed by atoms with Crippen molar-refractivity contribution in [3.63, 3.8) is 0 Å². The lowest BCUT2D eigenvalue weighted by Crippen LogP contribution is -2.29. The molecular formula is C35H61O9P. The Balaban J connectivity index is 4.22. The van der Waals surface area contributed by atoms with E-state index in [2.05, 4.69) is 31.4 Å². The second kappa shape index (κ2) is 29.4. The number of esters is 2. The maximum atomic E-state index is 12.3. The number of carbonyl (C=O) groups is 2. The number of carbonyl (C=O) groups excluding carboxylic acids is 2. The Labute approximate surface area is 272 Å².